The van der Waals surface area contributed by atoms with Crippen LogP contribution in [0.5, 0.6) is 0 Å². The van der Waals surface area contributed by atoms with Crippen LogP contribution in [0.4, 0.5) is 0 Å². The number of hydrogen-bond acceptors (Lipinski definition) is 6. The molecule has 26 heavy (non-hydrogen) atoms. The zero-order valence-electron chi connectivity index (χ0n) is 14.4. The molecular weight excluding hydrogens is 342 g/mol. The van der Waals surface area contributed by atoms with Crippen LogP contribution in [0, 0.1) is 6.92 Å². The Morgan fingerprint density at radius 3 is 2.42 bits per heavy atom. The summed E-state index contributed by atoms with van der Waals surface area (Å²) < 4.78 is 0. The van der Waals surface area contributed by atoms with Gasteiger partial charge in [0.15, 0.2) is 5.82 Å². The molecule has 5 nitrogen and oxygen atoms in total. The normalized spacial score (nSPS) is 12.4. The van der Waals surface area contributed by atoms with Crippen molar-refractivity contribution in [3.63, 3.8) is 0 Å². The van der Waals surface area contributed by atoms with Gasteiger partial charge in [-0.15, -0.1) is 11.3 Å². The van der Waals surface area contributed by atoms with Crippen LogP contribution in [-0.4, -0.2) is 21.5 Å². The molecule has 4 N–H and O–H groups in total. The summed E-state index contributed by atoms with van der Waals surface area (Å²) in [4.78, 5) is 15.8. The maximum atomic E-state index is 6.34. The van der Waals surface area contributed by atoms with Gasteiger partial charge in [0.1, 0.15) is 4.83 Å². The summed E-state index contributed by atoms with van der Waals surface area (Å²) in [6.45, 7) is 2.43. The van der Waals surface area contributed by atoms with Gasteiger partial charge in [0.2, 0.25) is 0 Å². The fourth-order valence-corrected chi connectivity index (χ4v) is 4.15. The number of rotatable bonds is 4. The second-order valence-corrected chi connectivity index (χ2v) is 7.29. The summed E-state index contributed by atoms with van der Waals surface area (Å²) in [5.74, 6) is 0.652. The first-order valence-electron chi connectivity index (χ1n) is 8.41. The Balaban J connectivity index is 2.03. The zero-order chi connectivity index (χ0) is 18.1. The minimum absolute atomic E-state index is 0.324. The van der Waals surface area contributed by atoms with E-state index in [0.717, 1.165) is 32.6 Å². The van der Waals surface area contributed by atoms with E-state index >= 15 is 0 Å². The highest BCUT2D eigenvalue weighted by Crippen LogP contribution is 2.40. The third-order valence-electron chi connectivity index (χ3n) is 4.36. The first-order valence-corrected chi connectivity index (χ1v) is 9.23. The Morgan fingerprint density at radius 1 is 1.00 bits per heavy atom. The molecule has 1 atom stereocenters. The van der Waals surface area contributed by atoms with Gasteiger partial charge in [-0.3, -0.25) is 4.98 Å². The van der Waals surface area contributed by atoms with Gasteiger partial charge in [0.25, 0.3) is 0 Å². The summed E-state index contributed by atoms with van der Waals surface area (Å²) in [6, 6.07) is 13.7. The monoisotopic (exact) mass is 361 g/mol. The number of hydrogen-bond donors (Lipinski definition) is 2. The Hall–Kier alpha value is -2.67. The zero-order valence-corrected chi connectivity index (χ0v) is 15.2. The van der Waals surface area contributed by atoms with Gasteiger partial charge in [-0.1, -0.05) is 30.3 Å². The lowest BCUT2D eigenvalue weighted by Crippen LogP contribution is -2.22. The van der Waals surface area contributed by atoms with Gasteiger partial charge in [-0.2, -0.15) is 0 Å². The molecule has 3 heterocycles. The fraction of sp³-hybridized carbons (Fsp3) is 0.150. The second-order valence-electron chi connectivity index (χ2n) is 6.09. The van der Waals surface area contributed by atoms with Crippen molar-refractivity contribution >= 4 is 21.6 Å². The van der Waals surface area contributed by atoms with E-state index in [0.29, 0.717) is 12.4 Å². The Kier molecular flexibility index (Phi) is 4.46. The molecule has 1 aromatic carbocycles. The molecule has 0 saturated heterocycles. The highest BCUT2D eigenvalue weighted by Gasteiger charge is 2.21. The van der Waals surface area contributed by atoms with Crippen molar-refractivity contribution in [3.05, 3.63) is 65.4 Å². The molecule has 0 saturated carbocycles. The molecule has 3 aromatic heterocycles. The van der Waals surface area contributed by atoms with Crippen LogP contribution in [0.25, 0.3) is 32.7 Å². The molecule has 0 aliphatic carbocycles. The number of pyridine rings is 1. The smallest absolute Gasteiger partial charge is 0.161 e. The van der Waals surface area contributed by atoms with Crippen molar-refractivity contribution in [1.82, 2.24) is 15.0 Å². The number of benzene rings is 1. The topological polar surface area (TPSA) is 90.7 Å². The number of nitrogens with two attached hydrogens (primary N) is 2. The van der Waals surface area contributed by atoms with E-state index in [4.69, 9.17) is 21.4 Å². The first-order chi connectivity index (χ1) is 12.7. The maximum absolute atomic E-state index is 6.34. The van der Waals surface area contributed by atoms with Gasteiger partial charge >= 0.3 is 0 Å². The molecule has 0 bridgehead atoms. The molecule has 6 heteroatoms. The molecule has 0 aliphatic rings. The third kappa shape index (κ3) is 2.88. The van der Waals surface area contributed by atoms with Crippen molar-refractivity contribution in [2.45, 2.75) is 13.0 Å². The van der Waals surface area contributed by atoms with Gasteiger partial charge in [-0.05, 0) is 24.6 Å². The van der Waals surface area contributed by atoms with E-state index in [-0.39, 0.29) is 6.04 Å². The molecule has 4 rings (SSSR count). The second kappa shape index (κ2) is 6.92. The average Bonchev–Trinajstić information content (AvgIpc) is 3.03. The van der Waals surface area contributed by atoms with Gasteiger partial charge in [-0.25, -0.2) is 9.97 Å². The average molecular weight is 361 g/mol. The molecule has 0 fully saturated rings. The van der Waals surface area contributed by atoms with Crippen LogP contribution in [0.1, 0.15) is 16.6 Å². The van der Waals surface area contributed by atoms with Gasteiger partial charge in [0.05, 0.1) is 11.7 Å². The summed E-state index contributed by atoms with van der Waals surface area (Å²) in [5.41, 5.74) is 16.2. The molecule has 1 unspecified atom stereocenters. The van der Waals surface area contributed by atoms with E-state index in [2.05, 4.69) is 24.0 Å². The number of thiophene rings is 1. The van der Waals surface area contributed by atoms with Crippen molar-refractivity contribution in [2.75, 3.05) is 6.54 Å². The molecule has 4 aromatic rings. The van der Waals surface area contributed by atoms with Crippen molar-refractivity contribution < 1.29 is 0 Å². The summed E-state index contributed by atoms with van der Waals surface area (Å²) in [7, 11) is 0. The molecular formula is C20H19N5S. The highest BCUT2D eigenvalue weighted by molar-refractivity contribution is 7.19. The molecule has 0 radical (unpaired) electrons. The fourth-order valence-electron chi connectivity index (χ4n) is 3.10. The molecule has 0 aliphatic heterocycles. The lowest BCUT2D eigenvalue weighted by Gasteiger charge is -2.13. The van der Waals surface area contributed by atoms with Gasteiger partial charge < -0.3 is 11.5 Å². The highest BCUT2D eigenvalue weighted by atomic mass is 32.1. The summed E-state index contributed by atoms with van der Waals surface area (Å²) >= 11 is 1.66. The molecule has 0 amide bonds. The number of fused-ring (bicyclic) bond motifs is 1. The van der Waals surface area contributed by atoms with Crippen LogP contribution < -0.4 is 11.5 Å². The lowest BCUT2D eigenvalue weighted by atomic mass is 10.00. The molecule has 130 valence electrons. The van der Waals surface area contributed by atoms with Crippen LogP contribution in [0.2, 0.25) is 0 Å². The molecule has 0 spiro atoms. The minimum Gasteiger partial charge on any atom is -0.329 e. The van der Waals surface area contributed by atoms with Crippen molar-refractivity contribution in [1.29, 1.82) is 0 Å². The maximum Gasteiger partial charge on any atom is 0.161 e. The van der Waals surface area contributed by atoms with Crippen molar-refractivity contribution in [3.8, 4) is 22.5 Å². The Morgan fingerprint density at radius 2 is 1.73 bits per heavy atom. The minimum atomic E-state index is -0.349. The van der Waals surface area contributed by atoms with E-state index in [1.54, 1.807) is 23.7 Å². The van der Waals surface area contributed by atoms with Gasteiger partial charge in [0, 0.05) is 40.3 Å². The first kappa shape index (κ1) is 16.8. The predicted octanol–water partition coefficient (Wildman–Crippen LogP) is 3.69. The summed E-state index contributed by atoms with van der Waals surface area (Å²) in [5, 5.41) is 1.01. The Bertz CT molecular complexity index is 1040. The van der Waals surface area contributed by atoms with Crippen LogP contribution in [-0.2, 0) is 0 Å². The van der Waals surface area contributed by atoms with Crippen molar-refractivity contribution in [2.24, 2.45) is 11.5 Å². The van der Waals surface area contributed by atoms with E-state index in [9.17, 15) is 0 Å². The predicted molar refractivity (Wildman–Crippen MR) is 107 cm³/mol. The lowest BCUT2D eigenvalue weighted by molar-refractivity contribution is 0.718. The van der Waals surface area contributed by atoms with Crippen LogP contribution in [0.15, 0.2) is 54.9 Å². The van der Waals surface area contributed by atoms with Crippen LogP contribution in [0.3, 0.4) is 0 Å². The van der Waals surface area contributed by atoms with E-state index < -0.39 is 0 Å². The standard InChI is InChI=1S/C20H19N5S/c1-12-16(13-5-3-2-4-6-13)17-18(15(22)11-21)24-19(25-20(17)26-12)14-7-9-23-10-8-14/h2-10,15H,11,21-22H2,1H3. The van der Waals surface area contributed by atoms with E-state index in [1.807, 2.05) is 30.3 Å². The largest absolute Gasteiger partial charge is 0.329 e. The number of aromatic nitrogens is 3. The Labute approximate surface area is 155 Å². The third-order valence-corrected chi connectivity index (χ3v) is 5.36. The summed E-state index contributed by atoms with van der Waals surface area (Å²) in [6.07, 6.45) is 3.47. The quantitative estimate of drug-likeness (QED) is 0.578. The number of aryl methyl sites for hydroxylation is 1. The van der Waals surface area contributed by atoms with Crippen LogP contribution >= 0.6 is 11.3 Å². The van der Waals surface area contributed by atoms with E-state index in [1.165, 1.54) is 4.88 Å². The SMILES string of the molecule is Cc1sc2nc(-c3ccncc3)nc(C(N)CN)c2c1-c1ccccc1. The number of nitrogens with zero attached hydrogens (tertiary/aromatic N) is 3.